The number of nitrogens with zero attached hydrogens (tertiary/aromatic N) is 4. The molecule has 0 radical (unpaired) electrons. The van der Waals surface area contributed by atoms with Crippen molar-refractivity contribution in [3.8, 4) is 28.6 Å². The maximum absolute atomic E-state index is 11.5. The summed E-state index contributed by atoms with van der Waals surface area (Å²) in [5, 5.41) is 7.42. The lowest BCUT2D eigenvalue weighted by Gasteiger charge is -2.11. The molecule has 1 amide bonds. The average molecular weight is 505 g/mol. The Morgan fingerprint density at radius 1 is 0.892 bits per heavy atom. The third kappa shape index (κ3) is 4.63. The van der Waals surface area contributed by atoms with E-state index >= 15 is 0 Å². The van der Waals surface area contributed by atoms with E-state index in [4.69, 9.17) is 20.4 Å². The van der Waals surface area contributed by atoms with Gasteiger partial charge in [-0.15, -0.1) is 0 Å². The molecule has 0 saturated heterocycles. The highest BCUT2D eigenvalue weighted by atomic mass is 32.1. The molecule has 0 atom stereocenters. The molecule has 37 heavy (non-hydrogen) atoms. The van der Waals surface area contributed by atoms with Crippen LogP contribution in [0, 0.1) is 0 Å². The number of thiophene rings is 1. The summed E-state index contributed by atoms with van der Waals surface area (Å²) < 4.78 is 7.83. The molecule has 3 aromatic carbocycles. The first-order chi connectivity index (χ1) is 18.1. The summed E-state index contributed by atoms with van der Waals surface area (Å²) in [6.45, 7) is 0. The predicted molar refractivity (Wildman–Crippen MR) is 145 cm³/mol. The van der Waals surface area contributed by atoms with Crippen molar-refractivity contribution < 1.29 is 9.53 Å². The number of hydrogen-bond donors (Lipinski definition) is 2. The Bertz CT molecular complexity index is 1680. The molecule has 6 rings (SSSR count). The number of nitrogens with two attached hydrogens (primary N) is 1. The molecular weight excluding hydrogens is 484 g/mol. The number of ether oxygens (including phenoxy) is 1. The van der Waals surface area contributed by atoms with Crippen LogP contribution >= 0.6 is 11.3 Å². The van der Waals surface area contributed by atoms with E-state index in [1.807, 2.05) is 76.0 Å². The van der Waals surface area contributed by atoms with E-state index in [1.54, 1.807) is 41.9 Å². The van der Waals surface area contributed by atoms with Crippen LogP contribution in [0.1, 0.15) is 10.4 Å². The monoisotopic (exact) mass is 504 g/mol. The Kier molecular flexibility index (Phi) is 5.80. The number of imidazole rings is 1. The number of rotatable bonds is 7. The van der Waals surface area contributed by atoms with Gasteiger partial charge in [-0.25, -0.2) is 15.0 Å². The molecule has 0 aliphatic heterocycles. The molecular formula is C28H20N6O2S. The summed E-state index contributed by atoms with van der Waals surface area (Å²) in [5.74, 6) is 2.06. The normalized spacial score (nSPS) is 10.9. The molecule has 8 nitrogen and oxygen atoms in total. The number of para-hydroxylation sites is 1. The molecule has 6 aromatic rings. The van der Waals surface area contributed by atoms with Gasteiger partial charge in [-0.05, 0) is 60.0 Å². The number of fused-ring (bicyclic) bond motifs is 1. The number of anilines is 2. The Balaban J connectivity index is 1.38. The highest BCUT2D eigenvalue weighted by Gasteiger charge is 2.16. The van der Waals surface area contributed by atoms with Gasteiger partial charge < -0.3 is 15.8 Å². The second-order valence-corrected chi connectivity index (χ2v) is 8.95. The molecule has 3 aromatic heterocycles. The van der Waals surface area contributed by atoms with Crippen LogP contribution in [0.5, 0.6) is 11.5 Å². The fourth-order valence-corrected chi connectivity index (χ4v) is 4.48. The van der Waals surface area contributed by atoms with Gasteiger partial charge in [0.25, 0.3) is 0 Å². The quantitative estimate of drug-likeness (QED) is 0.269. The third-order valence-electron chi connectivity index (χ3n) is 5.70. The van der Waals surface area contributed by atoms with E-state index in [-0.39, 0.29) is 0 Å². The van der Waals surface area contributed by atoms with Crippen LogP contribution < -0.4 is 15.8 Å². The van der Waals surface area contributed by atoms with Crippen LogP contribution in [0.2, 0.25) is 0 Å². The minimum absolute atomic E-state index is 0.421. The van der Waals surface area contributed by atoms with Gasteiger partial charge in [-0.1, -0.05) is 30.3 Å². The van der Waals surface area contributed by atoms with Gasteiger partial charge in [0.1, 0.15) is 17.8 Å². The summed E-state index contributed by atoms with van der Waals surface area (Å²) >= 11 is 1.60. The number of carbonyl (C=O) groups excluding carboxylic acids is 1. The lowest BCUT2D eigenvalue weighted by molar-refractivity contribution is 0.100. The van der Waals surface area contributed by atoms with Gasteiger partial charge in [0.15, 0.2) is 22.8 Å². The molecule has 9 heteroatoms. The number of primary amides is 1. The predicted octanol–water partition coefficient (Wildman–Crippen LogP) is 6.18. The van der Waals surface area contributed by atoms with Crippen LogP contribution in [0.25, 0.3) is 28.2 Å². The third-order valence-corrected chi connectivity index (χ3v) is 6.37. The summed E-state index contributed by atoms with van der Waals surface area (Å²) in [4.78, 5) is 25.7. The number of aromatic nitrogens is 4. The summed E-state index contributed by atoms with van der Waals surface area (Å²) in [6.07, 6.45) is 1.74. The van der Waals surface area contributed by atoms with Crippen molar-refractivity contribution in [3.05, 3.63) is 108 Å². The minimum Gasteiger partial charge on any atom is -0.457 e. The zero-order valence-corrected chi connectivity index (χ0v) is 20.2. The molecule has 0 aliphatic rings. The first-order valence-electron chi connectivity index (χ1n) is 11.4. The van der Waals surface area contributed by atoms with Crippen molar-refractivity contribution in [3.63, 3.8) is 0 Å². The lowest BCUT2D eigenvalue weighted by atomic mass is 10.1. The van der Waals surface area contributed by atoms with Crippen molar-refractivity contribution in [2.45, 2.75) is 0 Å². The van der Waals surface area contributed by atoms with Gasteiger partial charge in [0, 0.05) is 22.2 Å². The SMILES string of the molecule is NC(=O)c1ccc(-c2nc(Nc3ccc(Oc4ccccc4)cc3)c3ncn(-c4ccsc4)c3n2)cc1. The average Bonchev–Trinajstić information content (AvgIpc) is 3.61. The molecule has 0 saturated carbocycles. The first-order valence-corrected chi connectivity index (χ1v) is 12.4. The number of nitrogens with one attached hydrogen (secondary N) is 1. The zero-order chi connectivity index (χ0) is 25.2. The maximum Gasteiger partial charge on any atom is 0.248 e. The molecule has 0 aliphatic carbocycles. The summed E-state index contributed by atoms with van der Waals surface area (Å²) in [5.41, 5.74) is 9.65. The fraction of sp³-hybridized carbons (Fsp3) is 0. The van der Waals surface area contributed by atoms with Crippen molar-refractivity contribution >= 4 is 39.9 Å². The van der Waals surface area contributed by atoms with E-state index in [0.717, 1.165) is 28.4 Å². The Hall–Kier alpha value is -5.02. The van der Waals surface area contributed by atoms with Crippen LogP contribution in [0.4, 0.5) is 11.5 Å². The molecule has 0 bridgehead atoms. The van der Waals surface area contributed by atoms with E-state index in [1.165, 1.54) is 0 Å². The van der Waals surface area contributed by atoms with Gasteiger partial charge in [-0.2, -0.15) is 11.3 Å². The maximum atomic E-state index is 11.5. The Labute approximate surface area is 216 Å². The largest absolute Gasteiger partial charge is 0.457 e. The van der Waals surface area contributed by atoms with E-state index in [9.17, 15) is 4.79 Å². The number of benzene rings is 3. The lowest BCUT2D eigenvalue weighted by Crippen LogP contribution is -2.10. The molecule has 0 unspecified atom stereocenters. The Morgan fingerprint density at radius 2 is 1.65 bits per heavy atom. The van der Waals surface area contributed by atoms with Gasteiger partial charge in [0.05, 0.1) is 5.69 Å². The number of hydrogen-bond acceptors (Lipinski definition) is 7. The second-order valence-electron chi connectivity index (χ2n) is 8.17. The van der Waals surface area contributed by atoms with Crippen molar-refractivity contribution in [2.75, 3.05) is 5.32 Å². The first kappa shape index (κ1) is 22.4. The van der Waals surface area contributed by atoms with Crippen LogP contribution in [-0.4, -0.2) is 25.4 Å². The Morgan fingerprint density at radius 3 is 2.35 bits per heavy atom. The highest BCUT2D eigenvalue weighted by Crippen LogP contribution is 2.30. The van der Waals surface area contributed by atoms with E-state index < -0.39 is 5.91 Å². The highest BCUT2D eigenvalue weighted by molar-refractivity contribution is 7.08. The molecule has 180 valence electrons. The van der Waals surface area contributed by atoms with Gasteiger partial charge >= 0.3 is 0 Å². The van der Waals surface area contributed by atoms with Crippen LogP contribution in [0.15, 0.2) is 102 Å². The van der Waals surface area contributed by atoms with Crippen LogP contribution in [0.3, 0.4) is 0 Å². The minimum atomic E-state index is -0.486. The molecule has 3 heterocycles. The molecule has 0 spiro atoms. The summed E-state index contributed by atoms with van der Waals surface area (Å²) in [7, 11) is 0. The molecule has 0 fully saturated rings. The van der Waals surface area contributed by atoms with Crippen LogP contribution in [-0.2, 0) is 0 Å². The van der Waals surface area contributed by atoms with E-state index in [2.05, 4.69) is 10.3 Å². The standard InChI is InChI=1S/C28H20N6O2S/c29-25(35)18-6-8-19(9-7-18)26-32-27(24-28(33-26)34(17-30-24)21-14-15-37-16-21)31-20-10-12-23(13-11-20)36-22-4-2-1-3-5-22/h1-17H,(H2,29,35)(H,31,32,33). The number of amides is 1. The van der Waals surface area contributed by atoms with Crippen molar-refractivity contribution in [1.82, 2.24) is 19.5 Å². The van der Waals surface area contributed by atoms with E-state index in [0.29, 0.717) is 28.4 Å². The fourth-order valence-electron chi connectivity index (χ4n) is 3.85. The summed E-state index contributed by atoms with van der Waals surface area (Å²) in [6, 6.07) is 26.2. The van der Waals surface area contributed by atoms with Gasteiger partial charge in [-0.3, -0.25) is 9.36 Å². The number of carbonyl (C=O) groups is 1. The zero-order valence-electron chi connectivity index (χ0n) is 19.4. The van der Waals surface area contributed by atoms with Crippen molar-refractivity contribution in [1.29, 1.82) is 0 Å². The van der Waals surface area contributed by atoms with Gasteiger partial charge in [0.2, 0.25) is 5.91 Å². The second kappa shape index (κ2) is 9.56. The topological polar surface area (TPSA) is 108 Å². The smallest absolute Gasteiger partial charge is 0.248 e. The van der Waals surface area contributed by atoms with Crippen molar-refractivity contribution in [2.24, 2.45) is 5.73 Å². The molecule has 3 N–H and O–H groups in total.